The van der Waals surface area contributed by atoms with E-state index in [1.807, 2.05) is 36.4 Å². The van der Waals surface area contributed by atoms with Crippen molar-refractivity contribution in [1.29, 1.82) is 0 Å². The quantitative estimate of drug-likeness (QED) is 0.557. The fraction of sp³-hybridized carbons (Fsp3) is 0.100. The highest BCUT2D eigenvalue weighted by Crippen LogP contribution is 2.35. The number of fused-ring (bicyclic) bond motifs is 1. The number of furan rings is 1. The van der Waals surface area contributed by atoms with Crippen molar-refractivity contribution in [3.05, 3.63) is 60.6 Å². The first-order valence-corrected chi connectivity index (χ1v) is 8.25. The van der Waals surface area contributed by atoms with Crippen LogP contribution in [0.5, 0.6) is 11.5 Å². The van der Waals surface area contributed by atoms with Gasteiger partial charge in [-0.2, -0.15) is 5.10 Å². The molecule has 0 fully saturated rings. The van der Waals surface area contributed by atoms with E-state index >= 15 is 0 Å². The molecule has 0 saturated heterocycles. The lowest BCUT2D eigenvalue weighted by Crippen LogP contribution is -2.11. The van der Waals surface area contributed by atoms with E-state index in [1.54, 1.807) is 26.4 Å². The highest BCUT2D eigenvalue weighted by atomic mass is 16.5. The lowest BCUT2D eigenvalue weighted by Gasteiger charge is -2.11. The Morgan fingerprint density at radius 2 is 2.00 bits per heavy atom. The fourth-order valence-corrected chi connectivity index (χ4v) is 2.90. The van der Waals surface area contributed by atoms with Crippen LogP contribution in [0.2, 0.25) is 0 Å². The smallest absolute Gasteiger partial charge is 0.292 e. The Balaban J connectivity index is 1.70. The molecule has 0 atom stereocenters. The van der Waals surface area contributed by atoms with Gasteiger partial charge in [0.15, 0.2) is 11.6 Å². The van der Waals surface area contributed by atoms with E-state index in [0.717, 1.165) is 33.5 Å². The van der Waals surface area contributed by atoms with Gasteiger partial charge in [0.05, 0.1) is 26.0 Å². The minimum absolute atomic E-state index is 0.226. The van der Waals surface area contributed by atoms with Crippen LogP contribution >= 0.6 is 0 Å². The number of ether oxygens (including phenoxy) is 2. The van der Waals surface area contributed by atoms with Gasteiger partial charge in [-0.15, -0.1) is 0 Å². The normalized spacial score (nSPS) is 10.7. The zero-order valence-corrected chi connectivity index (χ0v) is 14.8. The predicted molar refractivity (Wildman–Crippen MR) is 101 cm³/mol. The molecule has 1 amide bonds. The van der Waals surface area contributed by atoms with Crippen molar-refractivity contribution in [2.24, 2.45) is 0 Å². The summed E-state index contributed by atoms with van der Waals surface area (Å²) < 4.78 is 15.9. The molecule has 0 unspecified atom stereocenters. The lowest BCUT2D eigenvalue weighted by atomic mass is 10.0. The Bertz CT molecular complexity index is 1100. The fourth-order valence-electron chi connectivity index (χ4n) is 2.90. The van der Waals surface area contributed by atoms with Gasteiger partial charge in [0, 0.05) is 10.9 Å². The monoisotopic (exact) mass is 363 g/mol. The van der Waals surface area contributed by atoms with Crippen LogP contribution in [0, 0.1) is 0 Å². The van der Waals surface area contributed by atoms with Crippen LogP contribution in [0.1, 0.15) is 10.6 Å². The highest BCUT2D eigenvalue weighted by Gasteiger charge is 2.15. The van der Waals surface area contributed by atoms with Gasteiger partial charge < -0.3 is 19.2 Å². The predicted octanol–water partition coefficient (Wildman–Crippen LogP) is 4.09. The Hall–Kier alpha value is -3.74. The number of aromatic nitrogens is 2. The Labute approximate surface area is 154 Å². The van der Waals surface area contributed by atoms with Crippen LogP contribution in [0.4, 0.5) is 5.82 Å². The average Bonchev–Trinajstić information content (AvgIpc) is 3.37. The number of methoxy groups -OCH3 is 2. The molecule has 27 heavy (non-hydrogen) atoms. The molecule has 2 heterocycles. The second-order valence-electron chi connectivity index (χ2n) is 5.83. The average molecular weight is 363 g/mol. The Morgan fingerprint density at radius 1 is 1.11 bits per heavy atom. The van der Waals surface area contributed by atoms with E-state index in [1.165, 1.54) is 6.26 Å². The van der Waals surface area contributed by atoms with Gasteiger partial charge in [0.25, 0.3) is 5.91 Å². The molecule has 4 aromatic rings. The van der Waals surface area contributed by atoms with Gasteiger partial charge in [0.1, 0.15) is 11.5 Å². The largest absolute Gasteiger partial charge is 0.497 e. The number of carbonyl (C=O) groups is 1. The number of benzene rings is 2. The van der Waals surface area contributed by atoms with Crippen LogP contribution in [0.3, 0.4) is 0 Å². The molecule has 4 rings (SSSR count). The number of anilines is 1. The number of nitrogens with one attached hydrogen (secondary N) is 2. The zero-order chi connectivity index (χ0) is 18.8. The van der Waals surface area contributed by atoms with Crippen molar-refractivity contribution < 1.29 is 18.7 Å². The van der Waals surface area contributed by atoms with Crippen LogP contribution in [-0.2, 0) is 0 Å². The summed E-state index contributed by atoms with van der Waals surface area (Å²) in [5.74, 6) is 1.79. The standard InChI is InChI=1S/C20H17N3O4/c1-25-13-6-8-17(26-2)15(11-13)12-5-7-14-16(10-12)22-23-19(14)21-20(24)18-4-3-9-27-18/h3-11H,1-2H3,(H2,21,22,23,24). The second-order valence-corrected chi connectivity index (χ2v) is 5.83. The van der Waals surface area contributed by atoms with Gasteiger partial charge in [-0.1, -0.05) is 6.07 Å². The van der Waals surface area contributed by atoms with E-state index in [9.17, 15) is 4.79 Å². The minimum Gasteiger partial charge on any atom is -0.497 e. The summed E-state index contributed by atoms with van der Waals surface area (Å²) >= 11 is 0. The first-order valence-electron chi connectivity index (χ1n) is 8.25. The minimum atomic E-state index is -0.355. The number of hydrogen-bond acceptors (Lipinski definition) is 5. The van der Waals surface area contributed by atoms with Crippen molar-refractivity contribution in [3.63, 3.8) is 0 Å². The highest BCUT2D eigenvalue weighted by molar-refractivity contribution is 6.06. The third-order valence-electron chi connectivity index (χ3n) is 4.26. The van der Waals surface area contributed by atoms with Gasteiger partial charge in [-0.25, -0.2) is 0 Å². The number of carbonyl (C=O) groups excluding carboxylic acids is 1. The molecule has 0 aliphatic rings. The summed E-state index contributed by atoms with van der Waals surface area (Å²) in [6, 6.07) is 14.7. The number of nitrogens with zero attached hydrogens (tertiary/aromatic N) is 1. The topological polar surface area (TPSA) is 89.4 Å². The first-order chi connectivity index (χ1) is 13.2. The van der Waals surface area contributed by atoms with Crippen LogP contribution in [-0.4, -0.2) is 30.3 Å². The molecule has 0 aliphatic carbocycles. The number of rotatable bonds is 5. The lowest BCUT2D eigenvalue weighted by molar-refractivity contribution is 0.0996. The van der Waals surface area contributed by atoms with Gasteiger partial charge >= 0.3 is 0 Å². The van der Waals surface area contributed by atoms with Crippen LogP contribution in [0.15, 0.2) is 59.2 Å². The molecule has 136 valence electrons. The number of amides is 1. The van der Waals surface area contributed by atoms with E-state index in [4.69, 9.17) is 13.9 Å². The summed E-state index contributed by atoms with van der Waals surface area (Å²) in [5.41, 5.74) is 2.62. The summed E-state index contributed by atoms with van der Waals surface area (Å²) in [6.45, 7) is 0. The molecule has 2 aromatic heterocycles. The molecule has 0 saturated carbocycles. The second kappa shape index (κ2) is 6.87. The van der Waals surface area contributed by atoms with Crippen molar-refractivity contribution in [2.45, 2.75) is 0 Å². The molecule has 2 aromatic carbocycles. The van der Waals surface area contributed by atoms with E-state index in [0.29, 0.717) is 5.82 Å². The third kappa shape index (κ3) is 3.10. The summed E-state index contributed by atoms with van der Waals surface area (Å²) in [5, 5.41) is 10.7. The van der Waals surface area contributed by atoms with E-state index < -0.39 is 0 Å². The zero-order valence-electron chi connectivity index (χ0n) is 14.8. The van der Waals surface area contributed by atoms with Gasteiger partial charge in [0.2, 0.25) is 0 Å². The number of hydrogen-bond donors (Lipinski definition) is 2. The Kier molecular flexibility index (Phi) is 4.25. The van der Waals surface area contributed by atoms with Crippen LogP contribution in [0.25, 0.3) is 22.0 Å². The summed E-state index contributed by atoms with van der Waals surface area (Å²) in [4.78, 5) is 12.2. The molecule has 0 spiro atoms. The number of aromatic amines is 1. The summed E-state index contributed by atoms with van der Waals surface area (Å²) in [7, 11) is 3.25. The maximum atomic E-state index is 12.2. The first kappa shape index (κ1) is 16.7. The molecular formula is C20H17N3O4. The SMILES string of the molecule is COc1ccc(OC)c(-c2ccc3c(NC(=O)c4ccco4)n[nH]c3c2)c1. The van der Waals surface area contributed by atoms with Crippen molar-refractivity contribution in [1.82, 2.24) is 10.2 Å². The molecule has 7 nitrogen and oxygen atoms in total. The van der Waals surface area contributed by atoms with Gasteiger partial charge in [-0.05, 0) is 48.0 Å². The molecule has 7 heteroatoms. The van der Waals surface area contributed by atoms with Gasteiger partial charge in [-0.3, -0.25) is 9.89 Å². The van der Waals surface area contributed by atoms with Crippen molar-refractivity contribution in [2.75, 3.05) is 19.5 Å². The summed E-state index contributed by atoms with van der Waals surface area (Å²) in [6.07, 6.45) is 1.45. The molecule has 0 bridgehead atoms. The maximum Gasteiger partial charge on any atom is 0.292 e. The molecule has 0 radical (unpaired) electrons. The maximum absolute atomic E-state index is 12.2. The molecule has 2 N–H and O–H groups in total. The Morgan fingerprint density at radius 3 is 2.74 bits per heavy atom. The third-order valence-corrected chi connectivity index (χ3v) is 4.26. The van der Waals surface area contributed by atoms with E-state index in [-0.39, 0.29) is 11.7 Å². The number of H-pyrrole nitrogens is 1. The van der Waals surface area contributed by atoms with Crippen LogP contribution < -0.4 is 14.8 Å². The van der Waals surface area contributed by atoms with Crippen molar-refractivity contribution in [3.8, 4) is 22.6 Å². The van der Waals surface area contributed by atoms with Crippen molar-refractivity contribution >= 4 is 22.6 Å². The van der Waals surface area contributed by atoms with E-state index in [2.05, 4.69) is 15.5 Å². The molecule has 0 aliphatic heterocycles. The molecular weight excluding hydrogens is 346 g/mol.